The van der Waals surface area contributed by atoms with Crippen molar-refractivity contribution in [3.63, 3.8) is 0 Å². The van der Waals surface area contributed by atoms with E-state index in [2.05, 4.69) is 0 Å². The Bertz CT molecular complexity index is 566. The number of rotatable bonds is 5. The van der Waals surface area contributed by atoms with E-state index in [1.807, 2.05) is 12.1 Å². The number of methoxy groups -OCH3 is 2. The molecule has 0 radical (unpaired) electrons. The van der Waals surface area contributed by atoms with Gasteiger partial charge < -0.3 is 14.6 Å². The molecule has 2 rings (SSSR count). The Morgan fingerprint density at radius 2 is 1.80 bits per heavy atom. The van der Waals surface area contributed by atoms with Gasteiger partial charge in [0, 0.05) is 18.7 Å². The standard InChI is InChI=1S/C16H17FO3/c1-19-10-11-3-5-12(6-4-11)16(18)14-8-7-13(20-2)9-15(14)17/h3-9,16,18H,10H2,1-2H3. The van der Waals surface area contributed by atoms with Crippen LogP contribution in [0.4, 0.5) is 4.39 Å². The Labute approximate surface area is 117 Å². The number of aliphatic hydroxyl groups excluding tert-OH is 1. The van der Waals surface area contributed by atoms with Gasteiger partial charge in [0.25, 0.3) is 0 Å². The normalized spacial score (nSPS) is 12.2. The van der Waals surface area contributed by atoms with E-state index in [4.69, 9.17) is 9.47 Å². The largest absolute Gasteiger partial charge is 0.497 e. The summed E-state index contributed by atoms with van der Waals surface area (Å²) in [5.74, 6) is -0.0632. The molecule has 0 aliphatic carbocycles. The Hall–Kier alpha value is -1.91. The van der Waals surface area contributed by atoms with Crippen molar-refractivity contribution in [1.82, 2.24) is 0 Å². The molecule has 0 saturated carbocycles. The van der Waals surface area contributed by atoms with E-state index in [0.29, 0.717) is 17.9 Å². The molecule has 0 aliphatic rings. The number of aliphatic hydroxyl groups is 1. The fourth-order valence-corrected chi connectivity index (χ4v) is 2.00. The minimum absolute atomic E-state index is 0.227. The second-order valence-corrected chi connectivity index (χ2v) is 4.46. The van der Waals surface area contributed by atoms with Crippen LogP contribution >= 0.6 is 0 Å². The van der Waals surface area contributed by atoms with Crippen LogP contribution < -0.4 is 4.74 Å². The van der Waals surface area contributed by atoms with Crippen molar-refractivity contribution in [2.45, 2.75) is 12.7 Å². The van der Waals surface area contributed by atoms with Gasteiger partial charge in [0.2, 0.25) is 0 Å². The van der Waals surface area contributed by atoms with Crippen LogP contribution in [0.2, 0.25) is 0 Å². The average Bonchev–Trinajstić information content (AvgIpc) is 2.47. The second kappa shape index (κ2) is 6.50. The van der Waals surface area contributed by atoms with Gasteiger partial charge in [0.1, 0.15) is 17.7 Å². The van der Waals surface area contributed by atoms with Gasteiger partial charge in [-0.3, -0.25) is 0 Å². The Kier molecular flexibility index (Phi) is 4.71. The van der Waals surface area contributed by atoms with Crippen LogP contribution in [0, 0.1) is 5.82 Å². The molecular weight excluding hydrogens is 259 g/mol. The molecule has 2 aromatic carbocycles. The summed E-state index contributed by atoms with van der Waals surface area (Å²) >= 11 is 0. The van der Waals surface area contributed by atoms with E-state index in [1.54, 1.807) is 25.3 Å². The maximum Gasteiger partial charge on any atom is 0.133 e. The summed E-state index contributed by atoms with van der Waals surface area (Å²) in [7, 11) is 3.09. The molecule has 20 heavy (non-hydrogen) atoms. The number of benzene rings is 2. The third-order valence-electron chi connectivity index (χ3n) is 3.11. The maximum absolute atomic E-state index is 13.9. The molecule has 106 valence electrons. The highest BCUT2D eigenvalue weighted by Crippen LogP contribution is 2.27. The van der Waals surface area contributed by atoms with Crippen LogP contribution in [-0.4, -0.2) is 19.3 Å². The first kappa shape index (κ1) is 14.5. The van der Waals surface area contributed by atoms with Crippen LogP contribution in [0.3, 0.4) is 0 Å². The molecular formula is C16H17FO3. The van der Waals surface area contributed by atoms with Gasteiger partial charge in [-0.05, 0) is 23.3 Å². The van der Waals surface area contributed by atoms with Crippen LogP contribution in [0.25, 0.3) is 0 Å². The summed E-state index contributed by atoms with van der Waals surface area (Å²) in [6.45, 7) is 0.507. The van der Waals surface area contributed by atoms with Crippen molar-refractivity contribution in [2.24, 2.45) is 0 Å². The lowest BCUT2D eigenvalue weighted by atomic mass is 10.00. The predicted octanol–water partition coefficient (Wildman–Crippen LogP) is 3.06. The summed E-state index contributed by atoms with van der Waals surface area (Å²) in [5.41, 5.74) is 1.86. The van der Waals surface area contributed by atoms with E-state index in [0.717, 1.165) is 5.56 Å². The molecule has 1 unspecified atom stereocenters. The van der Waals surface area contributed by atoms with Crippen LogP contribution in [0.15, 0.2) is 42.5 Å². The highest BCUT2D eigenvalue weighted by atomic mass is 19.1. The van der Waals surface area contributed by atoms with Gasteiger partial charge in [-0.1, -0.05) is 24.3 Å². The van der Waals surface area contributed by atoms with Crippen molar-refractivity contribution in [3.8, 4) is 5.75 Å². The molecule has 0 bridgehead atoms. The minimum atomic E-state index is -1.00. The molecule has 0 aliphatic heterocycles. The van der Waals surface area contributed by atoms with E-state index < -0.39 is 11.9 Å². The van der Waals surface area contributed by atoms with Gasteiger partial charge in [-0.15, -0.1) is 0 Å². The molecule has 3 nitrogen and oxygen atoms in total. The average molecular weight is 276 g/mol. The van der Waals surface area contributed by atoms with Gasteiger partial charge in [-0.25, -0.2) is 4.39 Å². The third kappa shape index (κ3) is 3.15. The molecule has 4 heteroatoms. The zero-order chi connectivity index (χ0) is 14.5. The first-order chi connectivity index (χ1) is 9.65. The summed E-state index contributed by atoms with van der Waals surface area (Å²) in [4.78, 5) is 0. The van der Waals surface area contributed by atoms with Crippen molar-refractivity contribution in [2.75, 3.05) is 14.2 Å². The highest BCUT2D eigenvalue weighted by Gasteiger charge is 2.15. The van der Waals surface area contributed by atoms with E-state index in [1.165, 1.54) is 19.2 Å². The molecule has 0 spiro atoms. The summed E-state index contributed by atoms with van der Waals surface area (Å²) < 4.78 is 23.9. The van der Waals surface area contributed by atoms with E-state index in [9.17, 15) is 9.50 Å². The minimum Gasteiger partial charge on any atom is -0.497 e. The number of hydrogen-bond donors (Lipinski definition) is 1. The van der Waals surface area contributed by atoms with Gasteiger partial charge in [0.05, 0.1) is 13.7 Å². The Balaban J connectivity index is 2.24. The molecule has 1 atom stereocenters. The lowest BCUT2D eigenvalue weighted by Crippen LogP contribution is -2.03. The van der Waals surface area contributed by atoms with Gasteiger partial charge in [-0.2, -0.15) is 0 Å². The fourth-order valence-electron chi connectivity index (χ4n) is 2.00. The quantitative estimate of drug-likeness (QED) is 0.912. The van der Waals surface area contributed by atoms with Crippen molar-refractivity contribution in [3.05, 3.63) is 65.0 Å². The van der Waals surface area contributed by atoms with E-state index >= 15 is 0 Å². The maximum atomic E-state index is 13.9. The number of halogens is 1. The summed E-state index contributed by atoms with van der Waals surface area (Å²) in [6, 6.07) is 11.7. The number of ether oxygens (including phenoxy) is 2. The third-order valence-corrected chi connectivity index (χ3v) is 3.11. The zero-order valence-corrected chi connectivity index (χ0v) is 11.5. The Morgan fingerprint density at radius 1 is 1.10 bits per heavy atom. The van der Waals surface area contributed by atoms with Crippen LogP contribution in [0.5, 0.6) is 5.75 Å². The smallest absolute Gasteiger partial charge is 0.133 e. The molecule has 0 heterocycles. The van der Waals surface area contributed by atoms with E-state index in [-0.39, 0.29) is 5.56 Å². The lowest BCUT2D eigenvalue weighted by molar-refractivity contribution is 0.184. The first-order valence-corrected chi connectivity index (χ1v) is 6.25. The van der Waals surface area contributed by atoms with Crippen molar-refractivity contribution < 1.29 is 19.0 Å². The summed E-state index contributed by atoms with van der Waals surface area (Å²) in [6.07, 6.45) is -1.00. The fraction of sp³-hybridized carbons (Fsp3) is 0.250. The van der Waals surface area contributed by atoms with Crippen LogP contribution in [0.1, 0.15) is 22.8 Å². The number of hydrogen-bond acceptors (Lipinski definition) is 3. The second-order valence-electron chi connectivity index (χ2n) is 4.46. The molecule has 1 N–H and O–H groups in total. The van der Waals surface area contributed by atoms with Crippen molar-refractivity contribution >= 4 is 0 Å². The van der Waals surface area contributed by atoms with Crippen LogP contribution in [-0.2, 0) is 11.3 Å². The topological polar surface area (TPSA) is 38.7 Å². The monoisotopic (exact) mass is 276 g/mol. The summed E-state index contributed by atoms with van der Waals surface area (Å²) in [5, 5.41) is 10.2. The Morgan fingerprint density at radius 3 is 2.35 bits per heavy atom. The molecule has 0 amide bonds. The van der Waals surface area contributed by atoms with Crippen molar-refractivity contribution in [1.29, 1.82) is 0 Å². The molecule has 0 aromatic heterocycles. The van der Waals surface area contributed by atoms with Gasteiger partial charge >= 0.3 is 0 Å². The first-order valence-electron chi connectivity index (χ1n) is 6.25. The molecule has 0 saturated heterocycles. The highest BCUT2D eigenvalue weighted by molar-refractivity contribution is 5.36. The molecule has 2 aromatic rings. The lowest BCUT2D eigenvalue weighted by Gasteiger charge is -2.13. The predicted molar refractivity (Wildman–Crippen MR) is 74.2 cm³/mol. The zero-order valence-electron chi connectivity index (χ0n) is 11.5. The van der Waals surface area contributed by atoms with Gasteiger partial charge in [0.15, 0.2) is 0 Å². The molecule has 0 fully saturated rings. The SMILES string of the molecule is COCc1ccc(C(O)c2ccc(OC)cc2F)cc1.